The molecule has 0 aromatic heterocycles. The number of carbonyl (C=O) groups excluding carboxylic acids is 2. The minimum atomic E-state index is -1.67. The number of carbonyl (C=O) groups is 3. The highest BCUT2D eigenvalue weighted by Crippen LogP contribution is 2.29. The first kappa shape index (κ1) is 18.6. The van der Waals surface area contributed by atoms with Crippen molar-refractivity contribution < 1.29 is 23.9 Å². The fraction of sp³-hybridized carbons (Fsp3) is 0.250. The summed E-state index contributed by atoms with van der Waals surface area (Å²) in [6, 6.07) is 10.8. The number of hydrogen-bond donors (Lipinski definition) is 3. The van der Waals surface area contributed by atoms with Gasteiger partial charge in [0.05, 0.1) is 5.56 Å². The molecule has 0 saturated carbocycles. The summed E-state index contributed by atoms with van der Waals surface area (Å²) in [5.74, 6) is -3.08. The molecule has 0 spiro atoms. The van der Waals surface area contributed by atoms with E-state index in [0.29, 0.717) is 23.2 Å². The Morgan fingerprint density at radius 2 is 1.93 bits per heavy atom. The summed E-state index contributed by atoms with van der Waals surface area (Å²) < 4.78 is 14.5. The van der Waals surface area contributed by atoms with Crippen molar-refractivity contribution in [3.63, 3.8) is 0 Å². The summed E-state index contributed by atoms with van der Waals surface area (Å²) >= 11 is 0. The van der Waals surface area contributed by atoms with Gasteiger partial charge in [-0.05, 0) is 36.1 Å². The van der Waals surface area contributed by atoms with Crippen LogP contribution in [0.15, 0.2) is 42.5 Å². The molecule has 1 aliphatic heterocycles. The van der Waals surface area contributed by atoms with E-state index in [9.17, 15) is 23.9 Å². The van der Waals surface area contributed by atoms with E-state index in [-0.39, 0.29) is 24.3 Å². The largest absolute Gasteiger partial charge is 0.479 e. The van der Waals surface area contributed by atoms with Gasteiger partial charge in [-0.2, -0.15) is 0 Å². The van der Waals surface area contributed by atoms with Crippen LogP contribution in [0.5, 0.6) is 0 Å². The molecule has 2 aromatic rings. The van der Waals surface area contributed by atoms with Crippen LogP contribution in [0.3, 0.4) is 0 Å². The van der Waals surface area contributed by atoms with Crippen molar-refractivity contribution in [3.8, 4) is 0 Å². The van der Waals surface area contributed by atoms with E-state index in [1.165, 1.54) is 6.07 Å². The maximum atomic E-state index is 14.5. The Hall–Kier alpha value is -3.22. The number of aliphatic carboxylic acids is 1. The predicted molar refractivity (Wildman–Crippen MR) is 96.9 cm³/mol. The zero-order valence-electron chi connectivity index (χ0n) is 14.7. The van der Waals surface area contributed by atoms with E-state index < -0.39 is 23.2 Å². The summed E-state index contributed by atoms with van der Waals surface area (Å²) in [7, 11) is 0. The number of hydrogen-bond acceptors (Lipinski definition) is 3. The van der Waals surface area contributed by atoms with Gasteiger partial charge in [0.2, 0.25) is 5.91 Å². The highest BCUT2D eigenvalue weighted by Gasteiger charge is 2.41. The van der Waals surface area contributed by atoms with Crippen LogP contribution in [0.25, 0.3) is 0 Å². The van der Waals surface area contributed by atoms with Gasteiger partial charge in [-0.15, -0.1) is 0 Å². The molecule has 7 heteroatoms. The van der Waals surface area contributed by atoms with Crippen LogP contribution in [0, 0.1) is 5.82 Å². The van der Waals surface area contributed by atoms with Gasteiger partial charge in [0.1, 0.15) is 5.82 Å². The van der Waals surface area contributed by atoms with Gasteiger partial charge < -0.3 is 15.7 Å². The van der Waals surface area contributed by atoms with Crippen LogP contribution in [-0.2, 0) is 21.5 Å². The third-order valence-electron chi connectivity index (χ3n) is 4.82. The van der Waals surface area contributed by atoms with Gasteiger partial charge in [-0.1, -0.05) is 37.3 Å². The molecule has 0 bridgehead atoms. The number of amides is 2. The lowest BCUT2D eigenvalue weighted by Gasteiger charge is -2.30. The van der Waals surface area contributed by atoms with E-state index in [1.807, 2.05) is 0 Å². The van der Waals surface area contributed by atoms with Crippen molar-refractivity contribution in [2.45, 2.75) is 31.7 Å². The number of anilines is 1. The van der Waals surface area contributed by atoms with E-state index in [2.05, 4.69) is 10.6 Å². The van der Waals surface area contributed by atoms with E-state index in [1.54, 1.807) is 37.3 Å². The molecule has 6 nitrogen and oxygen atoms in total. The molecular formula is C20H19FN2O4. The highest BCUT2D eigenvalue weighted by atomic mass is 19.1. The first-order valence-corrected chi connectivity index (χ1v) is 8.61. The lowest BCUT2D eigenvalue weighted by molar-refractivity contribution is -0.145. The molecule has 27 heavy (non-hydrogen) atoms. The third-order valence-corrected chi connectivity index (χ3v) is 4.82. The second-order valence-electron chi connectivity index (χ2n) is 6.42. The van der Waals surface area contributed by atoms with Gasteiger partial charge in [0.25, 0.3) is 5.91 Å². The fourth-order valence-corrected chi connectivity index (χ4v) is 3.25. The standard InChI is InChI=1S/C20H19FN2O4/c1-2-20(19(26)27,13-6-4-3-5-7-13)23-18(25)14-10-12-8-9-17(24)22-16(12)11-15(14)21/h3-7,10-11H,2,8-9H2,1H3,(H,22,24)(H,23,25)(H,26,27). The molecule has 2 amide bonds. The highest BCUT2D eigenvalue weighted by molar-refractivity contribution is 6.00. The number of carboxylic acids is 1. The quantitative estimate of drug-likeness (QED) is 0.754. The molecule has 3 N–H and O–H groups in total. The molecule has 0 aliphatic carbocycles. The van der Waals surface area contributed by atoms with Gasteiger partial charge in [0, 0.05) is 12.1 Å². The molecule has 1 unspecified atom stereocenters. The molecule has 1 aliphatic rings. The summed E-state index contributed by atoms with van der Waals surface area (Å²) in [5.41, 5.74) is -0.546. The number of halogens is 1. The lowest BCUT2D eigenvalue weighted by Crippen LogP contribution is -2.51. The maximum absolute atomic E-state index is 14.5. The monoisotopic (exact) mass is 370 g/mol. The van der Waals surface area contributed by atoms with E-state index in [0.717, 1.165) is 6.07 Å². The number of rotatable bonds is 5. The average molecular weight is 370 g/mol. The van der Waals surface area contributed by atoms with Gasteiger partial charge in [-0.25, -0.2) is 9.18 Å². The molecule has 140 valence electrons. The number of benzene rings is 2. The van der Waals surface area contributed by atoms with Crippen molar-refractivity contribution in [1.82, 2.24) is 5.32 Å². The number of aryl methyl sites for hydroxylation is 1. The molecule has 1 heterocycles. The summed E-state index contributed by atoms with van der Waals surface area (Å²) in [6.07, 6.45) is 0.719. The van der Waals surface area contributed by atoms with Crippen LogP contribution >= 0.6 is 0 Å². The summed E-state index contributed by atoms with van der Waals surface area (Å²) in [6.45, 7) is 1.64. The third kappa shape index (κ3) is 3.40. The first-order chi connectivity index (χ1) is 12.9. The zero-order valence-corrected chi connectivity index (χ0v) is 14.7. The first-order valence-electron chi connectivity index (χ1n) is 8.61. The van der Waals surface area contributed by atoms with Crippen molar-refractivity contribution in [2.24, 2.45) is 0 Å². The van der Waals surface area contributed by atoms with Crippen LogP contribution < -0.4 is 10.6 Å². The van der Waals surface area contributed by atoms with Crippen LogP contribution in [-0.4, -0.2) is 22.9 Å². The minimum absolute atomic E-state index is 0.0840. The fourth-order valence-electron chi connectivity index (χ4n) is 3.25. The van der Waals surface area contributed by atoms with Crippen LogP contribution in [0.2, 0.25) is 0 Å². The second-order valence-corrected chi connectivity index (χ2v) is 6.42. The topological polar surface area (TPSA) is 95.5 Å². The average Bonchev–Trinajstić information content (AvgIpc) is 2.65. The van der Waals surface area contributed by atoms with Crippen molar-refractivity contribution in [1.29, 1.82) is 0 Å². The second kappa shape index (κ2) is 7.19. The van der Waals surface area contributed by atoms with Gasteiger partial charge in [0.15, 0.2) is 5.54 Å². The molecule has 0 saturated heterocycles. The Bertz CT molecular complexity index is 914. The summed E-state index contributed by atoms with van der Waals surface area (Å²) in [5, 5.41) is 14.9. The summed E-state index contributed by atoms with van der Waals surface area (Å²) in [4.78, 5) is 36.2. The molecular weight excluding hydrogens is 351 g/mol. The Morgan fingerprint density at radius 1 is 1.22 bits per heavy atom. The Kier molecular flexibility index (Phi) is 4.94. The van der Waals surface area contributed by atoms with Crippen LogP contribution in [0.4, 0.5) is 10.1 Å². The number of carboxylic acid groups (broad SMARTS) is 1. The normalized spacial score (nSPS) is 15.3. The van der Waals surface area contributed by atoms with Gasteiger partial charge in [-0.3, -0.25) is 9.59 Å². The molecule has 2 aromatic carbocycles. The molecule has 3 rings (SSSR count). The van der Waals surface area contributed by atoms with Crippen molar-refractivity contribution in [2.75, 3.05) is 5.32 Å². The predicted octanol–water partition coefficient (Wildman–Crippen LogP) is 2.83. The van der Waals surface area contributed by atoms with Crippen LogP contribution in [0.1, 0.15) is 41.3 Å². The molecule has 0 fully saturated rings. The van der Waals surface area contributed by atoms with Crippen molar-refractivity contribution >= 4 is 23.5 Å². The molecule has 1 atom stereocenters. The SMILES string of the molecule is CCC(NC(=O)c1cc2c(cc1F)NC(=O)CC2)(C(=O)O)c1ccccc1. The maximum Gasteiger partial charge on any atom is 0.334 e. The van der Waals surface area contributed by atoms with Gasteiger partial charge >= 0.3 is 5.97 Å². The Balaban J connectivity index is 1.98. The smallest absolute Gasteiger partial charge is 0.334 e. The zero-order chi connectivity index (χ0) is 19.6. The van der Waals surface area contributed by atoms with Crippen molar-refractivity contribution in [3.05, 3.63) is 65.0 Å². The number of nitrogens with one attached hydrogen (secondary N) is 2. The number of fused-ring (bicyclic) bond motifs is 1. The van der Waals surface area contributed by atoms with E-state index >= 15 is 0 Å². The Labute approximate surface area is 155 Å². The Morgan fingerprint density at radius 3 is 2.56 bits per heavy atom. The van der Waals surface area contributed by atoms with E-state index in [4.69, 9.17) is 0 Å². The minimum Gasteiger partial charge on any atom is -0.479 e. The molecule has 0 radical (unpaired) electrons. The lowest BCUT2D eigenvalue weighted by atomic mass is 9.86.